The highest BCUT2D eigenvalue weighted by Gasteiger charge is 2.08. The number of nitrogens with two attached hydrogens (primary N) is 1. The summed E-state index contributed by atoms with van der Waals surface area (Å²) in [5.74, 6) is 0.240. The highest BCUT2D eigenvalue weighted by molar-refractivity contribution is 5.30. The summed E-state index contributed by atoms with van der Waals surface area (Å²) in [7, 11) is 0. The maximum Gasteiger partial charge on any atom is 0.0497 e. The van der Waals surface area contributed by atoms with E-state index in [0.717, 1.165) is 17.7 Å². The molecule has 0 heterocycles. The lowest BCUT2D eigenvalue weighted by Gasteiger charge is -2.14. The highest BCUT2D eigenvalue weighted by Crippen LogP contribution is 2.18. The van der Waals surface area contributed by atoms with Crippen molar-refractivity contribution in [3.8, 4) is 0 Å². The zero-order chi connectivity index (χ0) is 7.56. The number of aliphatic hydroxyl groups is 1. The Kier molecular flexibility index (Phi) is 2.12. The van der Waals surface area contributed by atoms with Crippen LogP contribution in [0.3, 0.4) is 0 Å². The van der Waals surface area contributed by atoms with Gasteiger partial charge in [0.15, 0.2) is 0 Å². The van der Waals surface area contributed by atoms with Crippen LogP contribution >= 0.6 is 0 Å². The van der Waals surface area contributed by atoms with Crippen LogP contribution in [0.25, 0.3) is 0 Å². The second kappa shape index (κ2) is 2.88. The third-order valence-corrected chi connectivity index (χ3v) is 1.83. The lowest BCUT2D eigenvalue weighted by atomic mass is 9.96. The normalized spacial score (nSPS) is 25.6. The Balaban J connectivity index is 2.66. The van der Waals surface area contributed by atoms with Crippen LogP contribution in [0.15, 0.2) is 23.4 Å². The minimum Gasteiger partial charge on any atom is -0.399 e. The Hall–Kier alpha value is -0.760. The number of rotatable bonds is 1. The molecule has 0 saturated carbocycles. The molecule has 0 fully saturated rings. The van der Waals surface area contributed by atoms with E-state index in [0.29, 0.717) is 0 Å². The number of hydrogen-bond acceptors (Lipinski definition) is 2. The van der Waals surface area contributed by atoms with Gasteiger partial charge in [0.2, 0.25) is 0 Å². The molecule has 0 amide bonds. The van der Waals surface area contributed by atoms with Gasteiger partial charge in [0.05, 0.1) is 0 Å². The fraction of sp³-hybridized carbons (Fsp3) is 0.500. The lowest BCUT2D eigenvalue weighted by Crippen LogP contribution is -2.11. The van der Waals surface area contributed by atoms with E-state index in [-0.39, 0.29) is 12.5 Å². The minimum absolute atomic E-state index is 0.199. The summed E-state index contributed by atoms with van der Waals surface area (Å²) in [6.45, 7) is 2.18. The number of aliphatic hydroxyl groups excluding tert-OH is 1. The molecule has 2 nitrogen and oxygen atoms in total. The predicted molar refractivity (Wildman–Crippen MR) is 41.2 cm³/mol. The van der Waals surface area contributed by atoms with E-state index < -0.39 is 0 Å². The lowest BCUT2D eigenvalue weighted by molar-refractivity contribution is 0.252. The monoisotopic (exact) mass is 139 g/mol. The van der Waals surface area contributed by atoms with Crippen molar-refractivity contribution in [2.24, 2.45) is 11.7 Å². The second-order valence-corrected chi connectivity index (χ2v) is 2.69. The van der Waals surface area contributed by atoms with Crippen LogP contribution in [0, 0.1) is 5.92 Å². The van der Waals surface area contributed by atoms with Gasteiger partial charge in [0.1, 0.15) is 0 Å². The van der Waals surface area contributed by atoms with Crippen molar-refractivity contribution < 1.29 is 5.11 Å². The van der Waals surface area contributed by atoms with Gasteiger partial charge in [-0.25, -0.2) is 0 Å². The van der Waals surface area contributed by atoms with Gasteiger partial charge in [-0.1, -0.05) is 12.2 Å². The third-order valence-electron chi connectivity index (χ3n) is 1.83. The SMILES string of the molecule is CC1=CCC(CO)C=C1N. The van der Waals surface area contributed by atoms with Crippen LogP contribution < -0.4 is 5.73 Å². The van der Waals surface area contributed by atoms with Gasteiger partial charge in [-0.2, -0.15) is 0 Å². The van der Waals surface area contributed by atoms with E-state index in [4.69, 9.17) is 10.8 Å². The van der Waals surface area contributed by atoms with Crippen LogP contribution in [-0.2, 0) is 0 Å². The Labute approximate surface area is 61.0 Å². The topological polar surface area (TPSA) is 46.2 Å². The van der Waals surface area contributed by atoms with Gasteiger partial charge in [-0.15, -0.1) is 0 Å². The molecule has 1 aliphatic rings. The average Bonchev–Trinajstić information content (AvgIpc) is 1.95. The fourth-order valence-corrected chi connectivity index (χ4v) is 1.03. The molecule has 0 aliphatic heterocycles. The molecular formula is C8H13NO. The molecule has 0 spiro atoms. The van der Waals surface area contributed by atoms with Crippen molar-refractivity contribution in [2.45, 2.75) is 13.3 Å². The number of hydrogen-bond donors (Lipinski definition) is 2. The smallest absolute Gasteiger partial charge is 0.0497 e. The third kappa shape index (κ3) is 1.39. The van der Waals surface area contributed by atoms with Crippen molar-refractivity contribution in [1.29, 1.82) is 0 Å². The van der Waals surface area contributed by atoms with Gasteiger partial charge in [0, 0.05) is 18.2 Å². The van der Waals surface area contributed by atoms with Crippen LogP contribution in [0.2, 0.25) is 0 Å². The summed E-state index contributed by atoms with van der Waals surface area (Å²) in [5, 5.41) is 8.77. The van der Waals surface area contributed by atoms with E-state index >= 15 is 0 Å². The standard InChI is InChI=1S/C8H13NO/c1-6-2-3-7(5-10)4-8(6)9/h2,4,7,10H,3,5,9H2,1H3. The van der Waals surface area contributed by atoms with Crippen molar-refractivity contribution >= 4 is 0 Å². The summed E-state index contributed by atoms with van der Waals surface area (Å²) in [6, 6.07) is 0. The Morgan fingerprint density at radius 3 is 3.00 bits per heavy atom. The Bertz CT molecular complexity index is 182. The maximum atomic E-state index is 8.77. The second-order valence-electron chi connectivity index (χ2n) is 2.69. The fourth-order valence-electron chi connectivity index (χ4n) is 1.03. The van der Waals surface area contributed by atoms with E-state index in [2.05, 4.69) is 6.08 Å². The van der Waals surface area contributed by atoms with E-state index in [9.17, 15) is 0 Å². The van der Waals surface area contributed by atoms with Crippen molar-refractivity contribution in [3.63, 3.8) is 0 Å². The van der Waals surface area contributed by atoms with Gasteiger partial charge in [-0.3, -0.25) is 0 Å². The predicted octanol–water partition coefficient (Wildman–Crippen LogP) is 0.788. The molecule has 0 aromatic rings. The maximum absolute atomic E-state index is 8.77. The molecule has 2 heteroatoms. The molecule has 0 saturated heterocycles. The van der Waals surface area contributed by atoms with Crippen LogP contribution in [-0.4, -0.2) is 11.7 Å². The van der Waals surface area contributed by atoms with Crippen LogP contribution in [0.4, 0.5) is 0 Å². The summed E-state index contributed by atoms with van der Waals surface area (Å²) < 4.78 is 0. The van der Waals surface area contributed by atoms with Crippen molar-refractivity contribution in [3.05, 3.63) is 23.4 Å². The van der Waals surface area contributed by atoms with Gasteiger partial charge in [-0.05, 0) is 18.9 Å². The quantitative estimate of drug-likeness (QED) is 0.564. The first kappa shape index (κ1) is 7.35. The van der Waals surface area contributed by atoms with Gasteiger partial charge < -0.3 is 10.8 Å². The zero-order valence-corrected chi connectivity index (χ0v) is 6.17. The molecule has 56 valence electrons. The van der Waals surface area contributed by atoms with Gasteiger partial charge >= 0.3 is 0 Å². The summed E-state index contributed by atoms with van der Waals surface area (Å²) >= 11 is 0. The molecule has 0 aromatic heterocycles. The minimum atomic E-state index is 0.199. The van der Waals surface area contributed by atoms with Crippen LogP contribution in [0.5, 0.6) is 0 Å². The molecule has 0 aromatic carbocycles. The Morgan fingerprint density at radius 2 is 2.50 bits per heavy atom. The summed E-state index contributed by atoms with van der Waals surface area (Å²) in [6.07, 6.45) is 4.91. The summed E-state index contributed by atoms with van der Waals surface area (Å²) in [4.78, 5) is 0. The number of allylic oxidation sites excluding steroid dienone is 2. The highest BCUT2D eigenvalue weighted by atomic mass is 16.3. The van der Waals surface area contributed by atoms with E-state index in [1.165, 1.54) is 0 Å². The molecule has 0 radical (unpaired) electrons. The summed E-state index contributed by atoms with van der Waals surface area (Å²) in [5.41, 5.74) is 7.57. The Morgan fingerprint density at radius 1 is 1.80 bits per heavy atom. The van der Waals surface area contributed by atoms with Crippen molar-refractivity contribution in [1.82, 2.24) is 0 Å². The molecule has 0 bridgehead atoms. The van der Waals surface area contributed by atoms with Gasteiger partial charge in [0.25, 0.3) is 0 Å². The largest absolute Gasteiger partial charge is 0.399 e. The molecule has 1 unspecified atom stereocenters. The first-order chi connectivity index (χ1) is 4.74. The molecular weight excluding hydrogens is 126 g/mol. The molecule has 1 aliphatic carbocycles. The van der Waals surface area contributed by atoms with E-state index in [1.807, 2.05) is 13.0 Å². The van der Waals surface area contributed by atoms with Crippen LogP contribution in [0.1, 0.15) is 13.3 Å². The first-order valence-corrected chi connectivity index (χ1v) is 3.49. The average molecular weight is 139 g/mol. The molecule has 10 heavy (non-hydrogen) atoms. The molecule has 1 atom stereocenters. The zero-order valence-electron chi connectivity index (χ0n) is 6.17. The molecule has 3 N–H and O–H groups in total. The first-order valence-electron chi connectivity index (χ1n) is 3.49. The van der Waals surface area contributed by atoms with Crippen molar-refractivity contribution in [2.75, 3.05) is 6.61 Å². The molecule has 1 rings (SSSR count). The van der Waals surface area contributed by atoms with E-state index in [1.54, 1.807) is 0 Å².